The summed E-state index contributed by atoms with van der Waals surface area (Å²) in [6.45, 7) is -0.137. The van der Waals surface area contributed by atoms with Gasteiger partial charge in [-0.15, -0.1) is 0 Å². The summed E-state index contributed by atoms with van der Waals surface area (Å²) in [7, 11) is 0. The van der Waals surface area contributed by atoms with Gasteiger partial charge in [-0.05, 0) is 24.1 Å². The van der Waals surface area contributed by atoms with Gasteiger partial charge in [0.2, 0.25) is 5.91 Å². The third-order valence-corrected chi connectivity index (χ3v) is 3.05. The van der Waals surface area contributed by atoms with Crippen LogP contribution in [0.1, 0.15) is 18.4 Å². The average Bonchev–Trinajstić information content (AvgIpc) is 2.32. The molecule has 6 heteroatoms. The summed E-state index contributed by atoms with van der Waals surface area (Å²) in [5.74, 6) is -1.84. The molecule has 0 aliphatic carbocycles. The van der Waals surface area contributed by atoms with Crippen LogP contribution >= 0.6 is 0 Å². The zero-order valence-corrected chi connectivity index (χ0v) is 10.2. The van der Waals surface area contributed by atoms with Gasteiger partial charge in [-0.25, -0.2) is 4.39 Å². The van der Waals surface area contributed by atoms with Gasteiger partial charge in [0.05, 0.1) is 19.1 Å². The highest BCUT2D eigenvalue weighted by atomic mass is 19.1. The Morgan fingerprint density at radius 2 is 2.16 bits per heavy atom. The molecule has 2 rings (SSSR count). The van der Waals surface area contributed by atoms with Gasteiger partial charge in [-0.1, -0.05) is 6.07 Å². The van der Waals surface area contributed by atoms with Crippen LogP contribution in [0.25, 0.3) is 0 Å². The van der Waals surface area contributed by atoms with Crippen molar-refractivity contribution in [3.63, 3.8) is 0 Å². The normalized spacial score (nSPS) is 16.1. The van der Waals surface area contributed by atoms with Crippen LogP contribution < -0.4 is 4.90 Å². The first-order valence-electron chi connectivity index (χ1n) is 5.96. The molecule has 0 bridgehead atoms. The summed E-state index contributed by atoms with van der Waals surface area (Å²) in [5.41, 5.74) is 1.24. The summed E-state index contributed by atoms with van der Waals surface area (Å²) in [5, 5.41) is 18.2. The minimum Gasteiger partial charge on any atom is -0.481 e. The number of aryl methyl sites for hydroxylation is 1. The summed E-state index contributed by atoms with van der Waals surface area (Å²) < 4.78 is 13.2. The number of aliphatic carboxylic acids is 1. The predicted molar refractivity (Wildman–Crippen MR) is 65.3 cm³/mol. The molecule has 0 spiro atoms. The van der Waals surface area contributed by atoms with E-state index < -0.39 is 24.3 Å². The number of benzene rings is 1. The number of carboxylic acid groups (broad SMARTS) is 1. The van der Waals surface area contributed by atoms with E-state index in [9.17, 15) is 19.1 Å². The number of carbonyl (C=O) groups excluding carboxylic acids is 1. The molecule has 5 nitrogen and oxygen atoms in total. The Labute approximate surface area is 109 Å². The molecule has 1 atom stereocenters. The lowest BCUT2D eigenvalue weighted by Gasteiger charge is -2.30. The largest absolute Gasteiger partial charge is 0.481 e. The molecular weight excluding hydrogens is 253 g/mol. The maximum Gasteiger partial charge on any atom is 0.306 e. The van der Waals surface area contributed by atoms with E-state index >= 15 is 0 Å². The lowest BCUT2D eigenvalue weighted by Crippen LogP contribution is -2.41. The maximum absolute atomic E-state index is 13.2. The quantitative estimate of drug-likeness (QED) is 0.851. The summed E-state index contributed by atoms with van der Waals surface area (Å²) in [4.78, 5) is 23.6. The van der Waals surface area contributed by atoms with Crippen molar-refractivity contribution in [1.29, 1.82) is 0 Å². The third-order valence-electron chi connectivity index (χ3n) is 3.05. The Morgan fingerprint density at radius 3 is 2.84 bits per heavy atom. The van der Waals surface area contributed by atoms with E-state index in [1.807, 2.05) is 0 Å². The van der Waals surface area contributed by atoms with Gasteiger partial charge in [0, 0.05) is 12.1 Å². The first kappa shape index (κ1) is 13.5. The molecule has 2 N–H and O–H groups in total. The predicted octanol–water partition coefficient (Wildman–Crippen LogP) is 0.940. The summed E-state index contributed by atoms with van der Waals surface area (Å²) in [6.07, 6.45) is -0.817. The minimum absolute atomic E-state index is 0.137. The molecule has 19 heavy (non-hydrogen) atoms. The number of anilines is 1. The smallest absolute Gasteiger partial charge is 0.306 e. The lowest BCUT2D eigenvalue weighted by molar-refractivity contribution is -0.139. The van der Waals surface area contributed by atoms with Crippen LogP contribution in [0.3, 0.4) is 0 Å². The SMILES string of the molecule is O=C(O)CC(O)CN1C(=O)CCc2ccc(F)cc21. The maximum atomic E-state index is 13.2. The minimum atomic E-state index is -1.17. The zero-order chi connectivity index (χ0) is 14.0. The molecule has 1 aliphatic rings. The van der Waals surface area contributed by atoms with Crippen molar-refractivity contribution in [3.8, 4) is 0 Å². The van der Waals surface area contributed by atoms with E-state index in [1.165, 1.54) is 17.0 Å². The van der Waals surface area contributed by atoms with Crippen LogP contribution in [0.5, 0.6) is 0 Å². The van der Waals surface area contributed by atoms with Crippen molar-refractivity contribution < 1.29 is 24.2 Å². The number of fused-ring (bicyclic) bond motifs is 1. The Morgan fingerprint density at radius 1 is 1.42 bits per heavy atom. The van der Waals surface area contributed by atoms with Crippen LogP contribution in [0.15, 0.2) is 18.2 Å². The number of hydrogen-bond acceptors (Lipinski definition) is 3. The fraction of sp³-hybridized carbons (Fsp3) is 0.385. The number of aliphatic hydroxyl groups is 1. The van der Waals surface area contributed by atoms with Crippen molar-refractivity contribution in [3.05, 3.63) is 29.6 Å². The number of aliphatic hydroxyl groups excluding tert-OH is 1. The second-order valence-corrected chi connectivity index (χ2v) is 4.53. The molecule has 1 aliphatic heterocycles. The van der Waals surface area contributed by atoms with Gasteiger partial charge in [0.25, 0.3) is 0 Å². The first-order chi connectivity index (χ1) is 8.97. The first-order valence-corrected chi connectivity index (χ1v) is 5.96. The molecule has 0 fully saturated rings. The summed E-state index contributed by atoms with van der Waals surface area (Å²) >= 11 is 0. The molecule has 1 aromatic rings. The fourth-order valence-corrected chi connectivity index (χ4v) is 2.19. The van der Waals surface area contributed by atoms with Crippen molar-refractivity contribution in [2.45, 2.75) is 25.4 Å². The second kappa shape index (κ2) is 5.36. The Kier molecular flexibility index (Phi) is 3.80. The van der Waals surface area contributed by atoms with Crippen molar-refractivity contribution >= 4 is 17.6 Å². The van der Waals surface area contributed by atoms with Crippen molar-refractivity contribution in [2.24, 2.45) is 0 Å². The molecule has 0 saturated heterocycles. The number of nitrogens with zero attached hydrogens (tertiary/aromatic N) is 1. The molecule has 1 heterocycles. The van der Waals surface area contributed by atoms with Crippen LogP contribution in [0.4, 0.5) is 10.1 Å². The lowest BCUT2D eigenvalue weighted by atomic mass is 10.0. The van der Waals surface area contributed by atoms with Crippen molar-refractivity contribution in [1.82, 2.24) is 0 Å². The molecule has 0 saturated carbocycles. The molecule has 1 aromatic carbocycles. The van der Waals surface area contributed by atoms with Crippen LogP contribution in [-0.2, 0) is 16.0 Å². The van der Waals surface area contributed by atoms with Gasteiger partial charge in [0.1, 0.15) is 5.82 Å². The van der Waals surface area contributed by atoms with E-state index in [4.69, 9.17) is 5.11 Å². The molecule has 1 unspecified atom stereocenters. The molecule has 1 amide bonds. The number of carboxylic acids is 1. The highest BCUT2D eigenvalue weighted by molar-refractivity contribution is 5.96. The van der Waals surface area contributed by atoms with Gasteiger partial charge in [-0.3, -0.25) is 9.59 Å². The average molecular weight is 267 g/mol. The van der Waals surface area contributed by atoms with Crippen LogP contribution in [-0.4, -0.2) is 34.7 Å². The van der Waals surface area contributed by atoms with E-state index in [0.29, 0.717) is 12.1 Å². The summed E-state index contributed by atoms with van der Waals surface area (Å²) in [6, 6.07) is 4.16. The number of rotatable bonds is 4. The number of amides is 1. The van der Waals surface area contributed by atoms with Gasteiger partial charge < -0.3 is 15.1 Å². The number of halogens is 1. The number of β-amino-alcohol motifs (C(OH)–C–C–N with tert-alkyl or cyclic N) is 1. The monoisotopic (exact) mass is 267 g/mol. The Bertz CT molecular complexity index is 517. The number of carbonyl (C=O) groups is 2. The zero-order valence-electron chi connectivity index (χ0n) is 10.2. The second-order valence-electron chi connectivity index (χ2n) is 4.53. The van der Waals surface area contributed by atoms with Crippen molar-refractivity contribution in [2.75, 3.05) is 11.4 Å². The highest BCUT2D eigenvalue weighted by Crippen LogP contribution is 2.28. The standard InChI is InChI=1S/C13H14FNO4/c14-9-3-1-8-2-4-12(17)15(11(8)5-9)7-10(16)6-13(18)19/h1,3,5,10,16H,2,4,6-7H2,(H,18,19). The molecule has 0 aromatic heterocycles. The Balaban J connectivity index is 2.22. The Hall–Kier alpha value is -1.95. The highest BCUT2D eigenvalue weighted by Gasteiger charge is 2.27. The fourth-order valence-electron chi connectivity index (χ4n) is 2.19. The van der Waals surface area contributed by atoms with Gasteiger partial charge in [-0.2, -0.15) is 0 Å². The van der Waals surface area contributed by atoms with Crippen LogP contribution in [0, 0.1) is 5.82 Å². The van der Waals surface area contributed by atoms with Crippen LogP contribution in [0.2, 0.25) is 0 Å². The third kappa shape index (κ3) is 3.08. The topological polar surface area (TPSA) is 77.8 Å². The number of hydrogen-bond donors (Lipinski definition) is 2. The van der Waals surface area contributed by atoms with E-state index in [1.54, 1.807) is 6.07 Å². The molecule has 0 radical (unpaired) electrons. The van der Waals surface area contributed by atoms with E-state index in [-0.39, 0.29) is 18.9 Å². The molecular formula is C13H14FNO4. The van der Waals surface area contributed by atoms with E-state index in [2.05, 4.69) is 0 Å². The van der Waals surface area contributed by atoms with Gasteiger partial charge >= 0.3 is 5.97 Å². The molecule has 102 valence electrons. The van der Waals surface area contributed by atoms with E-state index in [0.717, 1.165) is 5.56 Å². The van der Waals surface area contributed by atoms with Gasteiger partial charge in [0.15, 0.2) is 0 Å².